The highest BCUT2D eigenvalue weighted by molar-refractivity contribution is 7.93. The number of nitrogens with zero attached hydrogens (tertiary/aromatic N) is 2. The van der Waals surface area contributed by atoms with E-state index in [-0.39, 0.29) is 18.1 Å². The molecule has 2 aromatic rings. The smallest absolute Gasteiger partial charge is 0.235 e. The van der Waals surface area contributed by atoms with Crippen LogP contribution in [0.25, 0.3) is 0 Å². The summed E-state index contributed by atoms with van der Waals surface area (Å²) in [7, 11) is -1.81. The number of hydrogen-bond donors (Lipinski definition) is 1. The van der Waals surface area contributed by atoms with Gasteiger partial charge in [-0.3, -0.25) is 9.10 Å². The van der Waals surface area contributed by atoms with E-state index in [1.165, 1.54) is 11.4 Å². The second-order valence-electron chi connectivity index (χ2n) is 5.78. The monoisotopic (exact) mass is 365 g/mol. The Morgan fingerprint density at radius 1 is 1.40 bits per heavy atom. The molecule has 25 heavy (non-hydrogen) atoms. The van der Waals surface area contributed by atoms with Gasteiger partial charge in [-0.2, -0.15) is 0 Å². The zero-order valence-electron chi connectivity index (χ0n) is 14.0. The molecule has 0 spiro atoms. The molecular weight excluding hydrogens is 346 g/mol. The van der Waals surface area contributed by atoms with Crippen LogP contribution in [-0.2, 0) is 21.2 Å². The Bertz CT molecular complexity index is 891. The summed E-state index contributed by atoms with van der Waals surface area (Å²) in [6, 6.07) is 6.59. The van der Waals surface area contributed by atoms with E-state index >= 15 is 0 Å². The summed E-state index contributed by atoms with van der Waals surface area (Å²) < 4.78 is 35.7. The molecular formula is C16H19N3O5S. The molecule has 1 fully saturated rings. The van der Waals surface area contributed by atoms with Crippen molar-refractivity contribution >= 4 is 27.3 Å². The Morgan fingerprint density at radius 2 is 2.20 bits per heavy atom. The molecule has 8 nitrogen and oxygen atoms in total. The van der Waals surface area contributed by atoms with E-state index in [4.69, 9.17) is 9.26 Å². The molecule has 1 aromatic heterocycles. The molecule has 2 heterocycles. The van der Waals surface area contributed by atoms with Crippen molar-refractivity contribution in [2.45, 2.75) is 19.8 Å². The first-order valence-corrected chi connectivity index (χ1v) is 9.40. The third-order valence-corrected chi connectivity index (χ3v) is 5.73. The number of nitrogens with one attached hydrogen (secondary N) is 1. The maximum atomic E-state index is 12.2. The van der Waals surface area contributed by atoms with Gasteiger partial charge in [-0.05, 0) is 31.5 Å². The summed E-state index contributed by atoms with van der Waals surface area (Å²) in [4.78, 5) is 12.2. The number of carbonyl (C=O) groups is 1. The van der Waals surface area contributed by atoms with E-state index in [0.29, 0.717) is 41.5 Å². The van der Waals surface area contributed by atoms with E-state index in [1.54, 1.807) is 31.2 Å². The summed E-state index contributed by atoms with van der Waals surface area (Å²) in [6.07, 6.45) is 0.633. The fourth-order valence-corrected chi connectivity index (χ4v) is 4.29. The number of carbonyl (C=O) groups excluding carboxylic acids is 1. The van der Waals surface area contributed by atoms with E-state index < -0.39 is 10.0 Å². The molecule has 9 heteroatoms. The van der Waals surface area contributed by atoms with Crippen molar-refractivity contribution in [3.05, 3.63) is 35.7 Å². The number of anilines is 2. The molecule has 1 amide bonds. The zero-order valence-corrected chi connectivity index (χ0v) is 14.8. The van der Waals surface area contributed by atoms with Gasteiger partial charge in [0.05, 0.1) is 36.4 Å². The minimum Gasteiger partial charge on any atom is -0.495 e. The van der Waals surface area contributed by atoms with Gasteiger partial charge < -0.3 is 14.6 Å². The number of amides is 1. The molecule has 3 rings (SSSR count). The van der Waals surface area contributed by atoms with E-state index in [0.717, 1.165) is 0 Å². The fourth-order valence-electron chi connectivity index (χ4n) is 2.74. The number of rotatable bonds is 5. The third-order valence-electron chi connectivity index (χ3n) is 3.86. The van der Waals surface area contributed by atoms with Crippen LogP contribution in [0.4, 0.5) is 11.4 Å². The van der Waals surface area contributed by atoms with E-state index in [9.17, 15) is 13.2 Å². The van der Waals surface area contributed by atoms with Gasteiger partial charge in [0.15, 0.2) is 0 Å². The second kappa shape index (κ2) is 6.75. The van der Waals surface area contributed by atoms with Crippen LogP contribution in [0.1, 0.15) is 17.9 Å². The van der Waals surface area contributed by atoms with Crippen LogP contribution >= 0.6 is 0 Å². The van der Waals surface area contributed by atoms with Gasteiger partial charge >= 0.3 is 0 Å². The van der Waals surface area contributed by atoms with Crippen molar-refractivity contribution in [2.24, 2.45) is 0 Å². The number of ether oxygens (including phenoxy) is 1. The lowest BCUT2D eigenvalue weighted by Gasteiger charge is -2.19. The predicted molar refractivity (Wildman–Crippen MR) is 92.3 cm³/mol. The van der Waals surface area contributed by atoms with Gasteiger partial charge in [0, 0.05) is 12.6 Å². The number of hydrogen-bond acceptors (Lipinski definition) is 6. The zero-order chi connectivity index (χ0) is 18.0. The average molecular weight is 365 g/mol. The van der Waals surface area contributed by atoms with Crippen molar-refractivity contribution < 1.29 is 22.5 Å². The maximum Gasteiger partial charge on any atom is 0.235 e. The Labute approximate surface area is 145 Å². The summed E-state index contributed by atoms with van der Waals surface area (Å²) in [5.41, 5.74) is 1.44. The summed E-state index contributed by atoms with van der Waals surface area (Å²) in [5.74, 6) is 0.909. The van der Waals surface area contributed by atoms with Crippen LogP contribution in [0.2, 0.25) is 0 Å². The molecule has 1 N–H and O–H groups in total. The topological polar surface area (TPSA) is 102 Å². The lowest BCUT2D eigenvalue weighted by Crippen LogP contribution is -2.25. The Kier molecular flexibility index (Phi) is 4.67. The average Bonchev–Trinajstić information content (AvgIpc) is 3.12. The highest BCUT2D eigenvalue weighted by Gasteiger charge is 2.29. The third kappa shape index (κ3) is 3.76. The first-order chi connectivity index (χ1) is 11.9. The largest absolute Gasteiger partial charge is 0.495 e. The highest BCUT2D eigenvalue weighted by Crippen LogP contribution is 2.32. The molecule has 0 atom stereocenters. The Balaban J connectivity index is 1.81. The first-order valence-electron chi connectivity index (χ1n) is 7.79. The molecule has 1 aliphatic heterocycles. The highest BCUT2D eigenvalue weighted by atomic mass is 32.2. The quantitative estimate of drug-likeness (QED) is 0.865. The number of benzene rings is 1. The second-order valence-corrected chi connectivity index (χ2v) is 7.79. The lowest BCUT2D eigenvalue weighted by molar-refractivity contribution is -0.115. The Morgan fingerprint density at radius 3 is 2.80 bits per heavy atom. The van der Waals surface area contributed by atoms with Gasteiger partial charge in [-0.1, -0.05) is 5.16 Å². The fraction of sp³-hybridized carbons (Fsp3) is 0.375. The van der Waals surface area contributed by atoms with E-state index in [1.807, 2.05) is 0 Å². The van der Waals surface area contributed by atoms with Crippen molar-refractivity contribution in [1.82, 2.24) is 5.16 Å². The molecule has 0 unspecified atom stereocenters. The molecule has 0 aliphatic carbocycles. The number of methoxy groups -OCH3 is 1. The van der Waals surface area contributed by atoms with Crippen LogP contribution < -0.4 is 14.4 Å². The van der Waals surface area contributed by atoms with Crippen molar-refractivity contribution in [3.8, 4) is 5.75 Å². The van der Waals surface area contributed by atoms with Gasteiger partial charge in [0.25, 0.3) is 0 Å². The lowest BCUT2D eigenvalue weighted by atomic mass is 10.2. The van der Waals surface area contributed by atoms with Gasteiger partial charge in [0.1, 0.15) is 11.5 Å². The minimum atomic E-state index is -3.29. The number of sulfonamides is 1. The molecule has 0 bridgehead atoms. The molecule has 0 saturated carbocycles. The molecule has 134 valence electrons. The van der Waals surface area contributed by atoms with Crippen LogP contribution in [0.5, 0.6) is 5.75 Å². The maximum absolute atomic E-state index is 12.2. The summed E-state index contributed by atoms with van der Waals surface area (Å²) in [5, 5.41) is 6.53. The van der Waals surface area contributed by atoms with Gasteiger partial charge in [0.2, 0.25) is 15.9 Å². The summed E-state index contributed by atoms with van der Waals surface area (Å²) >= 11 is 0. The van der Waals surface area contributed by atoms with Crippen LogP contribution in [0, 0.1) is 6.92 Å². The van der Waals surface area contributed by atoms with Crippen LogP contribution in [0.15, 0.2) is 28.8 Å². The Hall–Kier alpha value is -2.55. The molecule has 1 aliphatic rings. The van der Waals surface area contributed by atoms with Crippen LogP contribution in [-0.4, -0.2) is 38.9 Å². The van der Waals surface area contributed by atoms with Gasteiger partial charge in [-0.15, -0.1) is 0 Å². The molecule has 1 aromatic carbocycles. The molecule has 1 saturated heterocycles. The van der Waals surface area contributed by atoms with Crippen molar-refractivity contribution in [2.75, 3.05) is 29.0 Å². The standard InChI is InChI=1S/C16H19N3O5S/c1-11-8-12(18-24-11)9-16(20)17-14-10-13(4-5-15(14)23-2)19-6-3-7-25(19,21)22/h4-5,8,10H,3,6-7,9H2,1-2H3,(H,17,20). The first kappa shape index (κ1) is 17.3. The number of aromatic nitrogens is 1. The van der Waals surface area contributed by atoms with Crippen molar-refractivity contribution in [3.63, 3.8) is 0 Å². The summed E-state index contributed by atoms with van der Waals surface area (Å²) in [6.45, 7) is 2.18. The number of aryl methyl sites for hydroxylation is 1. The van der Waals surface area contributed by atoms with E-state index in [2.05, 4.69) is 10.5 Å². The van der Waals surface area contributed by atoms with Gasteiger partial charge in [-0.25, -0.2) is 8.42 Å². The normalized spacial score (nSPS) is 16.0. The van der Waals surface area contributed by atoms with Crippen LogP contribution in [0.3, 0.4) is 0 Å². The van der Waals surface area contributed by atoms with Crippen molar-refractivity contribution in [1.29, 1.82) is 0 Å². The molecule has 0 radical (unpaired) electrons. The SMILES string of the molecule is COc1ccc(N2CCCS2(=O)=O)cc1NC(=O)Cc1cc(C)on1. The predicted octanol–water partition coefficient (Wildman–Crippen LogP) is 1.71. The minimum absolute atomic E-state index is 0.0483.